The van der Waals surface area contributed by atoms with Gasteiger partial charge >= 0.3 is 0 Å². The number of ether oxygens (including phenoxy) is 1. The molecule has 94 valence electrons. The fraction of sp³-hybridized carbons (Fsp3) is 0.917. The smallest absolute Gasteiger partial charge is 0.240 e. The second kappa shape index (κ2) is 4.72. The third-order valence-corrected chi connectivity index (χ3v) is 3.09. The van der Waals surface area contributed by atoms with Crippen LogP contribution in [-0.2, 0) is 9.53 Å². The largest absolute Gasteiger partial charge is 0.375 e. The van der Waals surface area contributed by atoms with Crippen molar-refractivity contribution in [1.82, 2.24) is 4.90 Å². The quantitative estimate of drug-likeness (QED) is 0.728. The van der Waals surface area contributed by atoms with E-state index in [9.17, 15) is 4.79 Å². The Labute approximate surface area is 98.1 Å². The van der Waals surface area contributed by atoms with Crippen molar-refractivity contribution in [2.45, 2.75) is 52.8 Å². The Morgan fingerprint density at radius 1 is 1.44 bits per heavy atom. The molecule has 4 nitrogen and oxygen atoms in total. The number of morpholine rings is 1. The minimum atomic E-state index is -0.444. The second-order valence-corrected chi connectivity index (χ2v) is 5.83. The molecule has 1 amide bonds. The maximum Gasteiger partial charge on any atom is 0.240 e. The van der Waals surface area contributed by atoms with E-state index in [0.717, 1.165) is 0 Å². The first-order valence-corrected chi connectivity index (χ1v) is 5.91. The topological polar surface area (TPSA) is 55.6 Å². The van der Waals surface area contributed by atoms with Gasteiger partial charge in [0.15, 0.2) is 0 Å². The minimum Gasteiger partial charge on any atom is -0.375 e. The van der Waals surface area contributed by atoms with E-state index in [4.69, 9.17) is 10.5 Å². The second-order valence-electron chi connectivity index (χ2n) is 5.83. The molecule has 0 radical (unpaired) electrons. The van der Waals surface area contributed by atoms with Crippen LogP contribution in [0.1, 0.15) is 34.6 Å². The summed E-state index contributed by atoms with van der Waals surface area (Å²) in [6.45, 7) is 11.2. The van der Waals surface area contributed by atoms with Gasteiger partial charge in [0.25, 0.3) is 0 Å². The van der Waals surface area contributed by atoms with Crippen molar-refractivity contribution in [2.75, 3.05) is 13.2 Å². The van der Waals surface area contributed by atoms with Crippen LogP contribution in [0.5, 0.6) is 0 Å². The normalized spacial score (nSPS) is 29.0. The zero-order valence-corrected chi connectivity index (χ0v) is 11.0. The molecule has 3 unspecified atom stereocenters. The van der Waals surface area contributed by atoms with E-state index in [1.807, 2.05) is 39.5 Å². The molecule has 0 bridgehead atoms. The van der Waals surface area contributed by atoms with Gasteiger partial charge in [-0.3, -0.25) is 4.79 Å². The van der Waals surface area contributed by atoms with E-state index < -0.39 is 6.04 Å². The summed E-state index contributed by atoms with van der Waals surface area (Å²) in [7, 11) is 0. The van der Waals surface area contributed by atoms with Crippen LogP contribution in [0.4, 0.5) is 0 Å². The number of carbonyl (C=O) groups is 1. The maximum atomic E-state index is 12.2. The van der Waals surface area contributed by atoms with E-state index >= 15 is 0 Å². The van der Waals surface area contributed by atoms with Crippen molar-refractivity contribution < 1.29 is 9.53 Å². The highest BCUT2D eigenvalue weighted by Gasteiger charge is 2.35. The Kier molecular flexibility index (Phi) is 3.97. The molecule has 1 heterocycles. The Morgan fingerprint density at radius 3 is 2.50 bits per heavy atom. The molecule has 4 heteroatoms. The molecule has 0 spiro atoms. The summed E-state index contributed by atoms with van der Waals surface area (Å²) < 4.78 is 5.50. The third kappa shape index (κ3) is 2.95. The van der Waals surface area contributed by atoms with Gasteiger partial charge in [0.1, 0.15) is 0 Å². The van der Waals surface area contributed by atoms with Crippen LogP contribution in [0.25, 0.3) is 0 Å². The molecule has 0 aromatic carbocycles. The highest BCUT2D eigenvalue weighted by molar-refractivity contribution is 5.82. The summed E-state index contributed by atoms with van der Waals surface area (Å²) in [5.41, 5.74) is 5.80. The molecular weight excluding hydrogens is 204 g/mol. The lowest BCUT2D eigenvalue weighted by Gasteiger charge is -2.40. The SMILES string of the molecule is CC1CN(C(=O)C(N)C(C)(C)C)C(C)CO1. The van der Waals surface area contributed by atoms with Crippen molar-refractivity contribution in [1.29, 1.82) is 0 Å². The summed E-state index contributed by atoms with van der Waals surface area (Å²) in [5, 5.41) is 0. The fourth-order valence-electron chi connectivity index (χ4n) is 1.76. The van der Waals surface area contributed by atoms with Gasteiger partial charge in [0.05, 0.1) is 24.8 Å². The van der Waals surface area contributed by atoms with Gasteiger partial charge in [0.2, 0.25) is 5.91 Å². The number of rotatable bonds is 1. The summed E-state index contributed by atoms with van der Waals surface area (Å²) >= 11 is 0. The van der Waals surface area contributed by atoms with Gasteiger partial charge in [-0.2, -0.15) is 0 Å². The molecule has 1 fully saturated rings. The summed E-state index contributed by atoms with van der Waals surface area (Å²) in [6.07, 6.45) is 0.104. The predicted octanol–water partition coefficient (Wildman–Crippen LogP) is 0.996. The van der Waals surface area contributed by atoms with E-state index in [1.165, 1.54) is 0 Å². The maximum absolute atomic E-state index is 12.2. The van der Waals surface area contributed by atoms with E-state index in [1.54, 1.807) is 0 Å². The van der Waals surface area contributed by atoms with Crippen LogP contribution in [0.3, 0.4) is 0 Å². The Bertz CT molecular complexity index is 260. The molecule has 3 atom stereocenters. The molecule has 2 N–H and O–H groups in total. The molecule has 16 heavy (non-hydrogen) atoms. The zero-order valence-electron chi connectivity index (χ0n) is 11.0. The average Bonchev–Trinajstić information content (AvgIpc) is 2.18. The van der Waals surface area contributed by atoms with E-state index in [2.05, 4.69) is 0 Å². The lowest BCUT2D eigenvalue weighted by atomic mass is 9.86. The Hall–Kier alpha value is -0.610. The van der Waals surface area contributed by atoms with Gasteiger partial charge in [-0.1, -0.05) is 20.8 Å². The highest BCUT2D eigenvalue weighted by Crippen LogP contribution is 2.21. The van der Waals surface area contributed by atoms with Gasteiger partial charge in [-0.25, -0.2) is 0 Å². The number of nitrogens with two attached hydrogens (primary N) is 1. The van der Waals surface area contributed by atoms with Crippen LogP contribution in [0.15, 0.2) is 0 Å². The number of amides is 1. The number of carbonyl (C=O) groups excluding carboxylic acids is 1. The molecule has 1 saturated heterocycles. The lowest BCUT2D eigenvalue weighted by molar-refractivity contribution is -0.146. The first-order valence-electron chi connectivity index (χ1n) is 5.91. The molecule has 1 aliphatic heterocycles. The number of hydrogen-bond acceptors (Lipinski definition) is 3. The van der Waals surface area contributed by atoms with Gasteiger partial charge < -0.3 is 15.4 Å². The Balaban J connectivity index is 2.72. The molecule has 0 aliphatic carbocycles. The summed E-state index contributed by atoms with van der Waals surface area (Å²) in [4.78, 5) is 14.1. The minimum absolute atomic E-state index is 0.0372. The van der Waals surface area contributed by atoms with Gasteiger partial charge in [-0.05, 0) is 19.3 Å². The van der Waals surface area contributed by atoms with Gasteiger partial charge in [-0.15, -0.1) is 0 Å². The van der Waals surface area contributed by atoms with E-state index in [0.29, 0.717) is 13.2 Å². The van der Waals surface area contributed by atoms with Crippen molar-refractivity contribution in [3.05, 3.63) is 0 Å². The molecule has 1 aliphatic rings. The molecular formula is C12H24N2O2. The van der Waals surface area contributed by atoms with Crippen LogP contribution in [0.2, 0.25) is 0 Å². The zero-order chi connectivity index (χ0) is 12.5. The fourth-order valence-corrected chi connectivity index (χ4v) is 1.76. The average molecular weight is 228 g/mol. The first-order chi connectivity index (χ1) is 7.23. The lowest BCUT2D eigenvalue weighted by Crippen LogP contribution is -2.57. The first kappa shape index (κ1) is 13.5. The molecule has 0 aromatic rings. The van der Waals surface area contributed by atoms with Crippen molar-refractivity contribution in [3.8, 4) is 0 Å². The number of nitrogens with zero attached hydrogens (tertiary/aromatic N) is 1. The number of hydrogen-bond donors (Lipinski definition) is 1. The van der Waals surface area contributed by atoms with Crippen LogP contribution in [0, 0.1) is 5.41 Å². The van der Waals surface area contributed by atoms with Crippen LogP contribution in [-0.4, -0.2) is 42.1 Å². The monoisotopic (exact) mass is 228 g/mol. The third-order valence-electron chi connectivity index (χ3n) is 3.09. The van der Waals surface area contributed by atoms with Crippen molar-refractivity contribution in [3.63, 3.8) is 0 Å². The summed E-state index contributed by atoms with van der Waals surface area (Å²) in [5.74, 6) is 0.0372. The van der Waals surface area contributed by atoms with Crippen molar-refractivity contribution in [2.24, 2.45) is 11.1 Å². The predicted molar refractivity (Wildman–Crippen MR) is 64.0 cm³/mol. The van der Waals surface area contributed by atoms with E-state index in [-0.39, 0.29) is 23.5 Å². The van der Waals surface area contributed by atoms with Gasteiger partial charge in [0, 0.05) is 6.54 Å². The molecule has 0 saturated carbocycles. The standard InChI is InChI=1S/C12H24N2O2/c1-8-7-16-9(2)6-14(8)11(15)10(13)12(3,4)5/h8-10H,6-7,13H2,1-5H3. The highest BCUT2D eigenvalue weighted by atomic mass is 16.5. The van der Waals surface area contributed by atoms with Crippen LogP contribution < -0.4 is 5.73 Å². The van der Waals surface area contributed by atoms with Crippen molar-refractivity contribution >= 4 is 5.91 Å². The summed E-state index contributed by atoms with van der Waals surface area (Å²) in [6, 6.07) is -0.322. The van der Waals surface area contributed by atoms with Crippen LogP contribution >= 0.6 is 0 Å². The Morgan fingerprint density at radius 2 is 2.00 bits per heavy atom. The molecule has 0 aromatic heterocycles. The molecule has 1 rings (SSSR count).